The summed E-state index contributed by atoms with van der Waals surface area (Å²) < 4.78 is 11.3. The number of ether oxygens (including phenoxy) is 2. The van der Waals surface area contributed by atoms with Gasteiger partial charge in [0, 0.05) is 12.1 Å². The summed E-state index contributed by atoms with van der Waals surface area (Å²) in [7, 11) is 0. The predicted molar refractivity (Wildman–Crippen MR) is 90.5 cm³/mol. The van der Waals surface area contributed by atoms with Gasteiger partial charge in [-0.2, -0.15) is 0 Å². The number of nitrogens with one attached hydrogen (secondary N) is 1. The molecule has 2 rings (SSSR count). The summed E-state index contributed by atoms with van der Waals surface area (Å²) in [6, 6.07) is 18.0. The van der Waals surface area contributed by atoms with Crippen LogP contribution in [0.25, 0.3) is 0 Å². The van der Waals surface area contributed by atoms with Gasteiger partial charge in [-0.1, -0.05) is 30.3 Å². The fraction of sp³-hybridized carbons (Fsp3) is 0.368. The van der Waals surface area contributed by atoms with E-state index in [4.69, 9.17) is 9.47 Å². The molecule has 3 heteroatoms. The van der Waals surface area contributed by atoms with Gasteiger partial charge in [-0.05, 0) is 50.6 Å². The van der Waals surface area contributed by atoms with Crippen LogP contribution in [0.5, 0.6) is 11.5 Å². The Morgan fingerprint density at radius 2 is 1.32 bits per heavy atom. The van der Waals surface area contributed by atoms with E-state index in [1.807, 2.05) is 42.5 Å². The Labute approximate surface area is 133 Å². The highest BCUT2D eigenvalue weighted by molar-refractivity contribution is 5.27. The van der Waals surface area contributed by atoms with Gasteiger partial charge < -0.3 is 14.8 Å². The van der Waals surface area contributed by atoms with Crippen molar-refractivity contribution < 1.29 is 9.47 Å². The fourth-order valence-electron chi connectivity index (χ4n) is 1.91. The molecule has 3 nitrogen and oxygen atoms in total. The zero-order chi connectivity index (χ0) is 15.8. The highest BCUT2D eigenvalue weighted by atomic mass is 16.5. The topological polar surface area (TPSA) is 30.5 Å². The average Bonchev–Trinajstić information content (AvgIpc) is 2.51. The Kier molecular flexibility index (Phi) is 5.84. The monoisotopic (exact) mass is 299 g/mol. The van der Waals surface area contributed by atoms with Crippen molar-refractivity contribution in [2.75, 3.05) is 13.2 Å². The van der Waals surface area contributed by atoms with Crippen molar-refractivity contribution >= 4 is 0 Å². The second-order valence-electron chi connectivity index (χ2n) is 6.26. The van der Waals surface area contributed by atoms with E-state index in [1.54, 1.807) is 0 Å². The van der Waals surface area contributed by atoms with E-state index in [1.165, 1.54) is 5.56 Å². The van der Waals surface area contributed by atoms with Crippen LogP contribution < -0.4 is 14.8 Å². The zero-order valence-corrected chi connectivity index (χ0v) is 13.6. The molecule has 0 fully saturated rings. The van der Waals surface area contributed by atoms with Crippen molar-refractivity contribution in [3.63, 3.8) is 0 Å². The minimum absolute atomic E-state index is 0.129. The van der Waals surface area contributed by atoms with Crippen molar-refractivity contribution in [2.24, 2.45) is 0 Å². The molecule has 118 valence electrons. The standard InChI is InChI=1S/C19H25NO2/c1-19(2,3)20-15-16-9-11-18(12-10-16)22-14-13-21-17-7-5-4-6-8-17/h4-12,20H,13-15H2,1-3H3. The van der Waals surface area contributed by atoms with Crippen LogP contribution >= 0.6 is 0 Å². The van der Waals surface area contributed by atoms with Crippen molar-refractivity contribution in [2.45, 2.75) is 32.9 Å². The maximum absolute atomic E-state index is 5.68. The maximum Gasteiger partial charge on any atom is 0.122 e. The van der Waals surface area contributed by atoms with Gasteiger partial charge in [0.2, 0.25) is 0 Å². The SMILES string of the molecule is CC(C)(C)NCc1ccc(OCCOc2ccccc2)cc1. The molecule has 2 aromatic rings. The molecule has 0 saturated carbocycles. The first kappa shape index (κ1) is 16.4. The van der Waals surface area contributed by atoms with Gasteiger partial charge in [0.15, 0.2) is 0 Å². The quantitative estimate of drug-likeness (QED) is 0.783. The largest absolute Gasteiger partial charge is 0.490 e. The molecule has 0 aliphatic carbocycles. The number of para-hydroxylation sites is 1. The van der Waals surface area contributed by atoms with Crippen molar-refractivity contribution in [3.8, 4) is 11.5 Å². The summed E-state index contributed by atoms with van der Waals surface area (Å²) in [5.41, 5.74) is 1.38. The highest BCUT2D eigenvalue weighted by Crippen LogP contribution is 2.13. The molecule has 22 heavy (non-hydrogen) atoms. The van der Waals surface area contributed by atoms with Crippen LogP contribution in [0, 0.1) is 0 Å². The van der Waals surface area contributed by atoms with Gasteiger partial charge >= 0.3 is 0 Å². The molecule has 0 aromatic heterocycles. The first-order valence-electron chi connectivity index (χ1n) is 7.67. The van der Waals surface area contributed by atoms with E-state index in [0.717, 1.165) is 18.0 Å². The van der Waals surface area contributed by atoms with Crippen LogP contribution in [0.1, 0.15) is 26.3 Å². The summed E-state index contributed by atoms with van der Waals surface area (Å²) in [5, 5.41) is 3.47. The van der Waals surface area contributed by atoms with Gasteiger partial charge in [-0.25, -0.2) is 0 Å². The third kappa shape index (κ3) is 6.19. The van der Waals surface area contributed by atoms with Crippen molar-refractivity contribution in [1.82, 2.24) is 5.32 Å². The molecule has 0 spiro atoms. The predicted octanol–water partition coefficient (Wildman–Crippen LogP) is 4.03. The van der Waals surface area contributed by atoms with E-state index in [2.05, 4.69) is 38.2 Å². The Morgan fingerprint density at radius 1 is 0.773 bits per heavy atom. The molecular formula is C19H25NO2. The lowest BCUT2D eigenvalue weighted by atomic mass is 10.1. The van der Waals surface area contributed by atoms with E-state index in [9.17, 15) is 0 Å². The molecule has 0 aliphatic rings. The zero-order valence-electron chi connectivity index (χ0n) is 13.6. The summed E-state index contributed by atoms with van der Waals surface area (Å²) in [4.78, 5) is 0. The van der Waals surface area contributed by atoms with Crippen LogP contribution in [0.3, 0.4) is 0 Å². The summed E-state index contributed by atoms with van der Waals surface area (Å²) in [5.74, 6) is 1.74. The second-order valence-corrected chi connectivity index (χ2v) is 6.26. The third-order valence-corrected chi connectivity index (χ3v) is 3.11. The molecule has 1 N–H and O–H groups in total. The first-order chi connectivity index (χ1) is 10.5. The molecule has 0 aliphatic heterocycles. The first-order valence-corrected chi connectivity index (χ1v) is 7.67. The minimum Gasteiger partial charge on any atom is -0.490 e. The highest BCUT2D eigenvalue weighted by Gasteiger charge is 2.08. The number of hydrogen-bond donors (Lipinski definition) is 1. The number of benzene rings is 2. The Balaban J connectivity index is 1.70. The minimum atomic E-state index is 0.129. The summed E-state index contributed by atoms with van der Waals surface area (Å²) in [6.07, 6.45) is 0. The lowest BCUT2D eigenvalue weighted by Crippen LogP contribution is -2.35. The average molecular weight is 299 g/mol. The van der Waals surface area contributed by atoms with Gasteiger partial charge in [-0.15, -0.1) is 0 Å². The molecule has 0 bridgehead atoms. The smallest absolute Gasteiger partial charge is 0.122 e. The number of rotatable bonds is 7. The third-order valence-electron chi connectivity index (χ3n) is 3.11. The lowest BCUT2D eigenvalue weighted by Gasteiger charge is -2.20. The second kappa shape index (κ2) is 7.85. The lowest BCUT2D eigenvalue weighted by molar-refractivity contribution is 0.217. The molecule has 0 radical (unpaired) electrons. The normalized spacial score (nSPS) is 11.2. The van der Waals surface area contributed by atoms with Gasteiger partial charge in [0.25, 0.3) is 0 Å². The van der Waals surface area contributed by atoms with Gasteiger partial charge in [0.1, 0.15) is 24.7 Å². The molecule has 0 amide bonds. The van der Waals surface area contributed by atoms with Crippen LogP contribution in [-0.2, 0) is 6.54 Å². The van der Waals surface area contributed by atoms with Crippen LogP contribution in [-0.4, -0.2) is 18.8 Å². The molecule has 0 heterocycles. The summed E-state index contributed by atoms with van der Waals surface area (Å²) >= 11 is 0. The maximum atomic E-state index is 5.68. The summed E-state index contributed by atoms with van der Waals surface area (Å²) in [6.45, 7) is 8.43. The van der Waals surface area contributed by atoms with Crippen LogP contribution in [0.4, 0.5) is 0 Å². The molecular weight excluding hydrogens is 274 g/mol. The molecule has 0 unspecified atom stereocenters. The fourth-order valence-corrected chi connectivity index (χ4v) is 1.91. The van der Waals surface area contributed by atoms with Crippen LogP contribution in [0.15, 0.2) is 54.6 Å². The molecule has 0 saturated heterocycles. The Morgan fingerprint density at radius 3 is 1.86 bits per heavy atom. The Hall–Kier alpha value is -2.00. The Bertz CT molecular complexity index is 544. The van der Waals surface area contributed by atoms with Crippen LogP contribution in [0.2, 0.25) is 0 Å². The molecule has 2 aromatic carbocycles. The van der Waals surface area contributed by atoms with Gasteiger partial charge in [0.05, 0.1) is 0 Å². The van der Waals surface area contributed by atoms with E-state index < -0.39 is 0 Å². The van der Waals surface area contributed by atoms with E-state index in [-0.39, 0.29) is 5.54 Å². The van der Waals surface area contributed by atoms with E-state index >= 15 is 0 Å². The molecule has 0 atom stereocenters. The number of hydrogen-bond acceptors (Lipinski definition) is 3. The van der Waals surface area contributed by atoms with Crippen molar-refractivity contribution in [3.05, 3.63) is 60.2 Å². The van der Waals surface area contributed by atoms with E-state index in [0.29, 0.717) is 13.2 Å². The van der Waals surface area contributed by atoms with Gasteiger partial charge in [-0.3, -0.25) is 0 Å². The van der Waals surface area contributed by atoms with Crippen molar-refractivity contribution in [1.29, 1.82) is 0 Å².